The number of nitrogens with one attached hydrogen (secondary N) is 2. The topological polar surface area (TPSA) is 187 Å². The minimum Gasteiger partial charge on any atom is -0.493 e. The van der Waals surface area contributed by atoms with E-state index in [0.29, 0.717) is 24.8 Å². The Bertz CT molecular complexity index is 1390. The Morgan fingerprint density at radius 3 is 2.45 bits per heavy atom. The number of carbonyl (C=O) groups excluding carboxylic acids is 4. The van der Waals surface area contributed by atoms with Gasteiger partial charge >= 0.3 is 18.1 Å². The Hall–Kier alpha value is -3.93. The molecule has 44 heavy (non-hydrogen) atoms. The molecule has 2 aromatic carbocycles. The largest absolute Gasteiger partial charge is 0.493 e. The van der Waals surface area contributed by atoms with Crippen molar-refractivity contribution in [1.29, 1.82) is 0 Å². The number of rotatable bonds is 13. The van der Waals surface area contributed by atoms with Gasteiger partial charge < -0.3 is 25.3 Å². The smallest absolute Gasteiger partial charge is 0.491 e. The number of alkyl halides is 3. The van der Waals surface area contributed by atoms with E-state index in [1.54, 1.807) is 0 Å². The van der Waals surface area contributed by atoms with Crippen molar-refractivity contribution in [2.45, 2.75) is 49.6 Å². The molecule has 12 nitrogen and oxygen atoms in total. The summed E-state index contributed by atoms with van der Waals surface area (Å²) in [6, 6.07) is 6.49. The number of nitrogens with two attached hydrogens (primary N) is 1. The molecule has 0 aliphatic carbocycles. The van der Waals surface area contributed by atoms with Gasteiger partial charge in [-0.3, -0.25) is 23.4 Å². The van der Waals surface area contributed by atoms with Crippen molar-refractivity contribution in [2.75, 3.05) is 20.3 Å². The van der Waals surface area contributed by atoms with Crippen LogP contribution in [0.5, 0.6) is 11.5 Å². The van der Waals surface area contributed by atoms with E-state index in [1.165, 1.54) is 24.3 Å². The van der Waals surface area contributed by atoms with E-state index >= 15 is 0 Å². The fourth-order valence-electron chi connectivity index (χ4n) is 4.26. The number of methoxy groups -OCH3 is 1. The van der Waals surface area contributed by atoms with Crippen molar-refractivity contribution in [3.05, 3.63) is 58.9 Å². The fourth-order valence-corrected chi connectivity index (χ4v) is 5.75. The first-order valence-electron chi connectivity index (χ1n) is 13.2. The maximum atomic E-state index is 14.7. The second-order valence-corrected chi connectivity index (χ2v) is 11.6. The summed E-state index contributed by atoms with van der Waals surface area (Å²) >= 11 is 0. The molecular formula is C27H31F4N3O9S. The van der Waals surface area contributed by atoms with Crippen LogP contribution in [-0.4, -0.2) is 65.3 Å². The van der Waals surface area contributed by atoms with Crippen LogP contribution in [0.4, 0.5) is 17.6 Å². The monoisotopic (exact) mass is 649 g/mol. The van der Waals surface area contributed by atoms with E-state index < -0.39 is 69.1 Å². The van der Waals surface area contributed by atoms with Gasteiger partial charge in [-0.1, -0.05) is 18.2 Å². The number of benzene rings is 2. The van der Waals surface area contributed by atoms with Crippen molar-refractivity contribution in [1.82, 2.24) is 10.0 Å². The zero-order valence-electron chi connectivity index (χ0n) is 23.3. The van der Waals surface area contributed by atoms with Gasteiger partial charge in [0.2, 0.25) is 11.8 Å². The van der Waals surface area contributed by atoms with Gasteiger partial charge in [-0.25, -0.2) is 14.0 Å². The zero-order chi connectivity index (χ0) is 32.7. The van der Waals surface area contributed by atoms with Crippen LogP contribution in [0.3, 0.4) is 0 Å². The van der Waals surface area contributed by atoms with Gasteiger partial charge in [0.1, 0.15) is 28.1 Å². The van der Waals surface area contributed by atoms with Crippen LogP contribution < -0.4 is 25.2 Å². The predicted octanol–water partition coefficient (Wildman–Crippen LogP) is 3.54. The second-order valence-electron chi connectivity index (χ2n) is 9.69. The molecule has 1 fully saturated rings. The summed E-state index contributed by atoms with van der Waals surface area (Å²) in [7, 11) is -2.52. The highest BCUT2D eigenvalue weighted by molar-refractivity contribution is 8.23. The van der Waals surface area contributed by atoms with Crippen molar-refractivity contribution >= 4 is 34.5 Å². The second kappa shape index (κ2) is 14.7. The summed E-state index contributed by atoms with van der Waals surface area (Å²) in [6.45, 7) is 0.284. The third-order valence-electron chi connectivity index (χ3n) is 6.43. The van der Waals surface area contributed by atoms with Gasteiger partial charge in [-0.2, -0.15) is 13.2 Å². The lowest BCUT2D eigenvalue weighted by molar-refractivity contribution is -0.189. The molecule has 0 radical (unpaired) electrons. The van der Waals surface area contributed by atoms with E-state index in [9.17, 15) is 45.8 Å². The summed E-state index contributed by atoms with van der Waals surface area (Å²) in [5.74, 6) is -6.23. The van der Waals surface area contributed by atoms with E-state index in [4.69, 9.17) is 10.5 Å². The predicted molar refractivity (Wildman–Crippen MR) is 148 cm³/mol. The molecule has 17 heteroatoms. The van der Waals surface area contributed by atoms with Crippen LogP contribution >= 0.6 is 10.8 Å². The molecule has 0 bridgehead atoms. The van der Waals surface area contributed by atoms with Gasteiger partial charge in [0.15, 0.2) is 0 Å². The van der Waals surface area contributed by atoms with Gasteiger partial charge in [0.05, 0.1) is 26.2 Å². The summed E-state index contributed by atoms with van der Waals surface area (Å²) in [4.78, 5) is 47.3. The van der Waals surface area contributed by atoms with E-state index in [1.807, 2.05) is 4.72 Å². The van der Waals surface area contributed by atoms with E-state index in [0.717, 1.165) is 19.2 Å². The first kappa shape index (κ1) is 34.6. The van der Waals surface area contributed by atoms with Gasteiger partial charge in [0.25, 0.3) is 0 Å². The number of halogens is 4. The molecule has 1 aliphatic heterocycles. The van der Waals surface area contributed by atoms with Crippen LogP contribution in [0.2, 0.25) is 0 Å². The number of carbonyl (C=O) groups is 4. The number of esters is 2. The Balaban J connectivity index is 1.43. The molecule has 242 valence electrons. The summed E-state index contributed by atoms with van der Waals surface area (Å²) in [6.07, 6.45) is -4.09. The Labute approximate surface area is 250 Å². The van der Waals surface area contributed by atoms with Gasteiger partial charge in [-0.15, -0.1) is 10.8 Å². The molecule has 0 spiro atoms. The van der Waals surface area contributed by atoms with Crippen LogP contribution in [0.25, 0.3) is 0 Å². The van der Waals surface area contributed by atoms with Crippen LogP contribution in [0.15, 0.2) is 36.4 Å². The molecule has 1 unspecified atom stereocenters. The minimum atomic E-state index is -5.28. The first-order valence-corrected chi connectivity index (χ1v) is 14.8. The third kappa shape index (κ3) is 9.04. The maximum absolute atomic E-state index is 14.7. The normalized spacial score (nSPS) is 17.3. The standard InChI is InChI=1S/C27H31F4N3O9S/c1-41-25(37)23-19(6-5-7-20(23)43-26(38)27(29,30)31)42-11-4-2-3-10-33-24(36)18(32)13-15-8-9-16(17(28)12-15)21-14-22(35)34-44(21,39)40/h5-9,12,18,21,39-40H,2-4,10-11,13-14,32H2,1H3,(H,33,36)(H,34,35)/t18-,21?/m0/s1. The summed E-state index contributed by atoms with van der Waals surface area (Å²) < 4.78 is 88.9. The van der Waals surface area contributed by atoms with Gasteiger partial charge in [0, 0.05) is 12.1 Å². The molecule has 0 saturated carbocycles. The van der Waals surface area contributed by atoms with Crippen LogP contribution in [0.1, 0.15) is 52.4 Å². The molecule has 1 aliphatic rings. The quantitative estimate of drug-likeness (QED) is 0.0930. The van der Waals surface area contributed by atoms with Crippen molar-refractivity contribution in [3.8, 4) is 11.5 Å². The highest BCUT2D eigenvalue weighted by atomic mass is 32.3. The Morgan fingerprint density at radius 1 is 1.14 bits per heavy atom. The summed E-state index contributed by atoms with van der Waals surface area (Å²) in [5.41, 5.74) is 5.82. The lowest BCUT2D eigenvalue weighted by Crippen LogP contribution is -2.42. The number of hydrogen-bond acceptors (Lipinski definition) is 10. The van der Waals surface area contributed by atoms with Crippen molar-refractivity contribution in [2.24, 2.45) is 5.73 Å². The molecular weight excluding hydrogens is 618 g/mol. The zero-order valence-corrected chi connectivity index (χ0v) is 24.1. The molecule has 3 rings (SSSR count). The molecule has 2 amide bonds. The summed E-state index contributed by atoms with van der Waals surface area (Å²) in [5, 5.41) is 1.54. The Morgan fingerprint density at radius 2 is 1.84 bits per heavy atom. The highest BCUT2D eigenvalue weighted by Gasteiger charge is 2.42. The SMILES string of the molecule is COC(=O)c1c(OCCCCCNC(=O)[C@@H](N)Cc2ccc(C3CC(=O)NS3(O)O)c(F)c2)cccc1OC(=O)C(F)(F)F. The lowest BCUT2D eigenvalue weighted by atomic mass is 10.0. The lowest BCUT2D eigenvalue weighted by Gasteiger charge is -2.33. The van der Waals surface area contributed by atoms with E-state index in [-0.39, 0.29) is 37.3 Å². The molecule has 2 aromatic rings. The number of amides is 2. The van der Waals surface area contributed by atoms with E-state index in [2.05, 4.69) is 14.8 Å². The molecule has 2 atom stereocenters. The molecule has 0 aromatic heterocycles. The van der Waals surface area contributed by atoms with Crippen LogP contribution in [-0.2, 0) is 25.5 Å². The molecule has 1 heterocycles. The maximum Gasteiger partial charge on any atom is 0.491 e. The first-order chi connectivity index (χ1) is 20.6. The van der Waals surface area contributed by atoms with Crippen molar-refractivity contribution < 1.29 is 60.1 Å². The Kier molecular flexibility index (Phi) is 11.5. The van der Waals surface area contributed by atoms with Crippen LogP contribution in [0, 0.1) is 5.82 Å². The van der Waals surface area contributed by atoms with Crippen molar-refractivity contribution in [3.63, 3.8) is 0 Å². The number of ether oxygens (including phenoxy) is 3. The average molecular weight is 650 g/mol. The molecule has 1 saturated heterocycles. The number of unbranched alkanes of at least 4 members (excludes halogenated alkanes) is 2. The molecule has 6 N–H and O–H groups in total. The third-order valence-corrected chi connectivity index (χ3v) is 8.17. The minimum absolute atomic E-state index is 0.00511. The average Bonchev–Trinajstić information content (AvgIpc) is 3.22. The fraction of sp³-hybridized carbons (Fsp3) is 0.407. The number of hydrogen-bond donors (Lipinski definition) is 5. The highest BCUT2D eigenvalue weighted by Crippen LogP contribution is 2.56. The van der Waals surface area contributed by atoms with Gasteiger partial charge in [-0.05, 0) is 49.4 Å².